The molecule has 1 aromatic heterocycles. The Hall–Kier alpha value is -0.840. The van der Waals surface area contributed by atoms with Gasteiger partial charge < -0.3 is 14.1 Å². The molecule has 0 aromatic carbocycles. The van der Waals surface area contributed by atoms with Gasteiger partial charge in [-0.05, 0) is 45.5 Å². The zero-order valence-corrected chi connectivity index (χ0v) is 12.0. The molecule has 106 valence electrons. The highest BCUT2D eigenvalue weighted by molar-refractivity contribution is 5.00. The van der Waals surface area contributed by atoms with Crippen LogP contribution in [0.1, 0.15) is 25.0 Å². The van der Waals surface area contributed by atoms with E-state index in [-0.39, 0.29) is 5.60 Å². The number of ether oxygens (including phenoxy) is 1. The van der Waals surface area contributed by atoms with Crippen LogP contribution in [0.2, 0.25) is 0 Å². The Morgan fingerprint density at radius 3 is 2.74 bits per heavy atom. The van der Waals surface area contributed by atoms with E-state index in [2.05, 4.69) is 30.0 Å². The zero-order chi connectivity index (χ0) is 13.3. The molecule has 0 radical (unpaired) electrons. The first-order valence-electron chi connectivity index (χ1n) is 7.22. The molecular weight excluding hydrogens is 240 g/mol. The minimum atomic E-state index is 0.147. The number of likely N-dealkylation sites (tertiary alicyclic amines) is 1. The van der Waals surface area contributed by atoms with Crippen molar-refractivity contribution in [3.63, 3.8) is 0 Å². The first-order valence-corrected chi connectivity index (χ1v) is 7.22. The third-order valence-corrected chi connectivity index (χ3v) is 4.65. The molecule has 0 amide bonds. The van der Waals surface area contributed by atoms with E-state index in [1.165, 1.54) is 6.42 Å². The van der Waals surface area contributed by atoms with Gasteiger partial charge in [-0.15, -0.1) is 0 Å². The van der Waals surface area contributed by atoms with Crippen molar-refractivity contribution in [1.29, 1.82) is 0 Å². The number of hydrogen-bond donors (Lipinski definition) is 0. The Labute approximate surface area is 115 Å². The summed E-state index contributed by atoms with van der Waals surface area (Å²) < 4.78 is 11.6. The smallest absolute Gasteiger partial charge is 0.117 e. The van der Waals surface area contributed by atoms with E-state index >= 15 is 0 Å². The predicted molar refractivity (Wildman–Crippen MR) is 74.0 cm³/mol. The molecule has 2 saturated heterocycles. The highest BCUT2D eigenvalue weighted by Gasteiger charge is 2.43. The molecule has 0 aliphatic carbocycles. The Balaban J connectivity index is 1.52. The monoisotopic (exact) mass is 264 g/mol. The van der Waals surface area contributed by atoms with Gasteiger partial charge in [0.15, 0.2) is 0 Å². The second kappa shape index (κ2) is 5.27. The van der Waals surface area contributed by atoms with Crippen molar-refractivity contribution in [3.8, 4) is 0 Å². The topological polar surface area (TPSA) is 28.9 Å². The van der Waals surface area contributed by atoms with E-state index in [4.69, 9.17) is 9.15 Å². The summed E-state index contributed by atoms with van der Waals surface area (Å²) in [5.74, 6) is 1.06. The van der Waals surface area contributed by atoms with Crippen LogP contribution in [0.15, 0.2) is 22.8 Å². The summed E-state index contributed by atoms with van der Waals surface area (Å²) in [5.41, 5.74) is 0.147. The van der Waals surface area contributed by atoms with Gasteiger partial charge in [0.25, 0.3) is 0 Å². The van der Waals surface area contributed by atoms with Gasteiger partial charge in [0.05, 0.1) is 25.0 Å². The Bertz CT molecular complexity index is 394. The maximum absolute atomic E-state index is 6.15. The van der Waals surface area contributed by atoms with Crippen LogP contribution in [0, 0.1) is 0 Å². The van der Waals surface area contributed by atoms with Crippen LogP contribution in [-0.4, -0.2) is 55.2 Å². The number of piperidine rings is 1. The van der Waals surface area contributed by atoms with Crippen LogP contribution >= 0.6 is 0 Å². The van der Waals surface area contributed by atoms with Crippen LogP contribution in [0.25, 0.3) is 0 Å². The molecule has 0 saturated carbocycles. The zero-order valence-electron chi connectivity index (χ0n) is 12.0. The number of likely N-dealkylation sites (N-methyl/N-ethyl adjacent to an activating group) is 1. The number of rotatable bonds is 3. The van der Waals surface area contributed by atoms with Crippen LogP contribution in [0.3, 0.4) is 0 Å². The molecule has 2 aliphatic rings. The van der Waals surface area contributed by atoms with Crippen LogP contribution < -0.4 is 0 Å². The largest absolute Gasteiger partial charge is 0.468 e. The maximum Gasteiger partial charge on any atom is 0.117 e. The summed E-state index contributed by atoms with van der Waals surface area (Å²) in [4.78, 5) is 4.76. The fourth-order valence-electron chi connectivity index (χ4n) is 3.24. The molecule has 4 heteroatoms. The summed E-state index contributed by atoms with van der Waals surface area (Å²) in [6, 6.07) is 4.61. The van der Waals surface area contributed by atoms with Gasteiger partial charge in [-0.2, -0.15) is 0 Å². The van der Waals surface area contributed by atoms with Crippen LogP contribution in [0.4, 0.5) is 0 Å². The van der Waals surface area contributed by atoms with Gasteiger partial charge in [-0.3, -0.25) is 4.90 Å². The molecule has 2 aliphatic heterocycles. The summed E-state index contributed by atoms with van der Waals surface area (Å²) in [6.07, 6.45) is 5.24. The van der Waals surface area contributed by atoms with Gasteiger partial charge in [-0.25, -0.2) is 0 Å². The lowest BCUT2D eigenvalue weighted by molar-refractivity contribution is -0.0460. The quantitative estimate of drug-likeness (QED) is 0.834. The molecule has 1 atom stereocenters. The van der Waals surface area contributed by atoms with Crippen LogP contribution in [0.5, 0.6) is 0 Å². The third kappa shape index (κ3) is 2.86. The van der Waals surface area contributed by atoms with Gasteiger partial charge in [0.2, 0.25) is 0 Å². The van der Waals surface area contributed by atoms with Crippen molar-refractivity contribution in [3.05, 3.63) is 24.2 Å². The van der Waals surface area contributed by atoms with E-state index in [1.807, 2.05) is 6.07 Å². The number of nitrogens with zero attached hydrogens (tertiary/aromatic N) is 2. The average Bonchev–Trinajstić information content (AvgIpc) is 3.03. The molecule has 1 unspecified atom stereocenters. The molecule has 3 heterocycles. The van der Waals surface area contributed by atoms with Gasteiger partial charge in [-0.1, -0.05) is 0 Å². The standard InChI is InChI=1S/C15H24N2O2/c1-16(2)13-10-15(19-12-13)5-7-17(8-6-15)11-14-4-3-9-18-14/h3-4,9,13H,5-8,10-12H2,1-2H3. The predicted octanol–water partition coefficient (Wildman–Crippen LogP) is 1.96. The maximum atomic E-state index is 6.15. The third-order valence-electron chi connectivity index (χ3n) is 4.65. The summed E-state index contributed by atoms with van der Waals surface area (Å²) in [7, 11) is 4.30. The number of hydrogen-bond acceptors (Lipinski definition) is 4. The van der Waals surface area contributed by atoms with E-state index < -0.39 is 0 Å². The highest BCUT2D eigenvalue weighted by atomic mass is 16.5. The first-order chi connectivity index (χ1) is 9.17. The number of furan rings is 1. The van der Waals surface area contributed by atoms with Gasteiger partial charge >= 0.3 is 0 Å². The molecule has 0 bridgehead atoms. The molecule has 0 N–H and O–H groups in total. The van der Waals surface area contributed by atoms with Crippen molar-refractivity contribution in [2.75, 3.05) is 33.8 Å². The Morgan fingerprint density at radius 2 is 2.16 bits per heavy atom. The fraction of sp³-hybridized carbons (Fsp3) is 0.733. The van der Waals surface area contributed by atoms with Gasteiger partial charge in [0, 0.05) is 19.1 Å². The molecule has 1 aromatic rings. The van der Waals surface area contributed by atoms with E-state index in [0.717, 1.165) is 44.8 Å². The molecular formula is C15H24N2O2. The highest BCUT2D eigenvalue weighted by Crippen LogP contribution is 2.37. The molecule has 19 heavy (non-hydrogen) atoms. The lowest BCUT2D eigenvalue weighted by Gasteiger charge is -2.38. The lowest BCUT2D eigenvalue weighted by Crippen LogP contribution is -2.44. The van der Waals surface area contributed by atoms with Crippen LogP contribution in [-0.2, 0) is 11.3 Å². The lowest BCUT2D eigenvalue weighted by atomic mass is 9.87. The van der Waals surface area contributed by atoms with Crippen molar-refractivity contribution >= 4 is 0 Å². The van der Waals surface area contributed by atoms with Crippen molar-refractivity contribution < 1.29 is 9.15 Å². The summed E-state index contributed by atoms with van der Waals surface area (Å²) in [6.45, 7) is 4.05. The normalized spacial score (nSPS) is 27.4. The summed E-state index contributed by atoms with van der Waals surface area (Å²) >= 11 is 0. The Kier molecular flexibility index (Phi) is 3.65. The minimum Gasteiger partial charge on any atom is -0.468 e. The minimum absolute atomic E-state index is 0.147. The second-order valence-corrected chi connectivity index (χ2v) is 6.17. The van der Waals surface area contributed by atoms with E-state index in [0.29, 0.717) is 6.04 Å². The average molecular weight is 264 g/mol. The molecule has 2 fully saturated rings. The van der Waals surface area contributed by atoms with E-state index in [1.54, 1.807) is 6.26 Å². The Morgan fingerprint density at radius 1 is 1.37 bits per heavy atom. The fourth-order valence-corrected chi connectivity index (χ4v) is 3.24. The van der Waals surface area contributed by atoms with E-state index in [9.17, 15) is 0 Å². The second-order valence-electron chi connectivity index (χ2n) is 6.17. The van der Waals surface area contributed by atoms with Crippen molar-refractivity contribution in [2.45, 2.75) is 37.5 Å². The summed E-state index contributed by atoms with van der Waals surface area (Å²) in [5, 5.41) is 0. The SMILES string of the molecule is CN(C)C1COC2(CCN(Cc3ccco3)CC2)C1. The van der Waals surface area contributed by atoms with Gasteiger partial charge in [0.1, 0.15) is 5.76 Å². The molecule has 4 nitrogen and oxygen atoms in total. The molecule has 3 rings (SSSR count). The van der Waals surface area contributed by atoms with Crippen molar-refractivity contribution in [1.82, 2.24) is 9.80 Å². The van der Waals surface area contributed by atoms with Crippen molar-refractivity contribution in [2.24, 2.45) is 0 Å². The first kappa shape index (κ1) is 13.2. The molecule has 1 spiro atoms.